The van der Waals surface area contributed by atoms with Crippen molar-refractivity contribution in [2.24, 2.45) is 0 Å². The molecule has 1 aliphatic heterocycles. The first-order chi connectivity index (χ1) is 17.7. The number of carbonyl (C=O) groups is 3. The van der Waals surface area contributed by atoms with Crippen LogP contribution in [-0.2, 0) is 20.9 Å². The molecule has 2 amide bonds. The number of fused-ring (bicyclic) bond motifs is 1. The lowest BCUT2D eigenvalue weighted by molar-refractivity contribution is -0.384. The molecule has 194 valence electrons. The Hall–Kier alpha value is -4.06. The molecule has 0 saturated carbocycles. The van der Waals surface area contributed by atoms with Gasteiger partial charge in [-0.05, 0) is 56.7 Å². The van der Waals surface area contributed by atoms with Crippen molar-refractivity contribution in [2.45, 2.75) is 32.7 Å². The smallest absolute Gasteiger partial charge is 0.340 e. The number of amides is 2. The van der Waals surface area contributed by atoms with Gasteiger partial charge in [0.05, 0.1) is 22.8 Å². The largest absolute Gasteiger partial charge is 0.484 e. The van der Waals surface area contributed by atoms with Crippen molar-refractivity contribution in [3.05, 3.63) is 69.4 Å². The molecule has 3 aromatic rings. The maximum Gasteiger partial charge on any atom is 0.340 e. The van der Waals surface area contributed by atoms with E-state index in [1.807, 2.05) is 24.5 Å². The summed E-state index contributed by atoms with van der Waals surface area (Å²) in [6.45, 7) is 6.14. The van der Waals surface area contributed by atoms with E-state index in [4.69, 9.17) is 9.47 Å². The summed E-state index contributed by atoms with van der Waals surface area (Å²) in [5.74, 6) is -0.719. The number of nitro groups is 1. The van der Waals surface area contributed by atoms with E-state index in [0.717, 1.165) is 11.2 Å². The minimum absolute atomic E-state index is 0.0605. The lowest BCUT2D eigenvalue weighted by atomic mass is 10.1. The second-order valence-electron chi connectivity index (χ2n) is 8.20. The highest BCUT2D eigenvalue weighted by Gasteiger charge is 2.34. The molecule has 37 heavy (non-hydrogen) atoms. The zero-order chi connectivity index (χ0) is 26.7. The summed E-state index contributed by atoms with van der Waals surface area (Å²) in [5, 5.41) is 12.3. The monoisotopic (exact) mass is 526 g/mol. The number of thioether (sulfide) groups is 1. The van der Waals surface area contributed by atoms with Gasteiger partial charge in [-0.2, -0.15) is 0 Å². The van der Waals surface area contributed by atoms with Crippen molar-refractivity contribution in [1.29, 1.82) is 0 Å². The molecule has 2 heterocycles. The molecule has 0 aliphatic carbocycles. The van der Waals surface area contributed by atoms with Gasteiger partial charge in [0.25, 0.3) is 17.5 Å². The normalized spacial score (nSPS) is 15.2. The molecule has 1 fully saturated rings. The third-order valence-electron chi connectivity index (χ3n) is 5.96. The maximum atomic E-state index is 12.7. The van der Waals surface area contributed by atoms with E-state index in [1.54, 1.807) is 31.2 Å². The van der Waals surface area contributed by atoms with Gasteiger partial charge in [-0.15, -0.1) is 11.8 Å². The van der Waals surface area contributed by atoms with Gasteiger partial charge >= 0.3 is 5.97 Å². The second-order valence-corrected chi connectivity index (χ2v) is 9.27. The van der Waals surface area contributed by atoms with Gasteiger partial charge in [0.15, 0.2) is 6.61 Å². The number of carbonyl (C=O) groups excluding carboxylic acids is 3. The molecule has 1 saturated heterocycles. The van der Waals surface area contributed by atoms with Crippen LogP contribution in [0.5, 0.6) is 5.75 Å². The minimum atomic E-state index is -0.546. The van der Waals surface area contributed by atoms with Crippen LogP contribution >= 0.6 is 11.8 Å². The van der Waals surface area contributed by atoms with E-state index >= 15 is 0 Å². The number of benzene rings is 2. The molecule has 1 unspecified atom stereocenters. The Labute approximate surface area is 216 Å². The third kappa shape index (κ3) is 5.24. The molecule has 0 spiro atoms. The number of rotatable bonds is 9. The topological polar surface area (TPSA) is 133 Å². The fourth-order valence-corrected chi connectivity index (χ4v) is 5.40. The van der Waals surface area contributed by atoms with Crippen LogP contribution in [0.1, 0.15) is 40.8 Å². The Bertz CT molecular complexity index is 1370. The number of non-ortho nitro benzene ring substituents is 1. The number of nitrogens with zero attached hydrogens (tertiary/aromatic N) is 3. The number of hydrogen-bond acceptors (Lipinski definition) is 8. The van der Waals surface area contributed by atoms with E-state index in [-0.39, 0.29) is 30.6 Å². The zero-order valence-corrected chi connectivity index (χ0v) is 21.4. The summed E-state index contributed by atoms with van der Waals surface area (Å²) in [6, 6.07) is 11.1. The van der Waals surface area contributed by atoms with E-state index in [0.29, 0.717) is 28.8 Å². The predicted molar refractivity (Wildman–Crippen MR) is 137 cm³/mol. The predicted octanol–water partition coefficient (Wildman–Crippen LogP) is 3.74. The standard InChI is InChI=1S/C25H26N4O7S/c1-4-27-15(3)23(25(32)35-5-2)19-12-18(10-11-20(19)27)36-13-21(30)26-28-22(31)14-37-24(28)16-6-8-17(9-7-16)29(33)34/h6-12,24H,4-5,13-14H2,1-3H3,(H,26,30). The molecular weight excluding hydrogens is 500 g/mol. The van der Waals surface area contributed by atoms with Crippen LogP contribution in [0.2, 0.25) is 0 Å². The fraction of sp³-hybridized carbons (Fsp3) is 0.320. The highest BCUT2D eigenvalue weighted by Crippen LogP contribution is 2.37. The number of nitro benzene ring substituents is 1. The van der Waals surface area contributed by atoms with Gasteiger partial charge in [0, 0.05) is 35.3 Å². The zero-order valence-electron chi connectivity index (χ0n) is 20.6. The van der Waals surface area contributed by atoms with Gasteiger partial charge in [-0.3, -0.25) is 25.1 Å². The number of hydrogen-bond donors (Lipinski definition) is 1. The van der Waals surface area contributed by atoms with E-state index < -0.39 is 22.2 Å². The summed E-state index contributed by atoms with van der Waals surface area (Å²) in [4.78, 5) is 48.1. The first-order valence-electron chi connectivity index (χ1n) is 11.6. The molecular formula is C25H26N4O7S. The Balaban J connectivity index is 1.47. The maximum absolute atomic E-state index is 12.7. The number of nitrogens with one attached hydrogen (secondary N) is 1. The van der Waals surface area contributed by atoms with E-state index in [9.17, 15) is 24.5 Å². The highest BCUT2D eigenvalue weighted by molar-refractivity contribution is 8.00. The summed E-state index contributed by atoms with van der Waals surface area (Å²) in [5.41, 5.74) is 5.26. The average Bonchev–Trinajstić information content (AvgIpc) is 3.38. The van der Waals surface area contributed by atoms with Crippen molar-refractivity contribution >= 4 is 46.1 Å². The quantitative estimate of drug-likeness (QED) is 0.253. The summed E-state index contributed by atoms with van der Waals surface area (Å²) >= 11 is 1.30. The molecule has 12 heteroatoms. The fourth-order valence-electron chi connectivity index (χ4n) is 4.29. The van der Waals surface area contributed by atoms with Crippen LogP contribution in [0.4, 0.5) is 5.69 Å². The molecule has 11 nitrogen and oxygen atoms in total. The van der Waals surface area contributed by atoms with Crippen molar-refractivity contribution in [1.82, 2.24) is 15.0 Å². The molecule has 0 bridgehead atoms. The average molecular weight is 527 g/mol. The summed E-state index contributed by atoms with van der Waals surface area (Å²) in [7, 11) is 0. The Morgan fingerprint density at radius 1 is 1.19 bits per heavy atom. The van der Waals surface area contributed by atoms with Gasteiger partial charge in [-0.25, -0.2) is 9.80 Å². The van der Waals surface area contributed by atoms with Crippen molar-refractivity contribution < 1.29 is 28.8 Å². The third-order valence-corrected chi connectivity index (χ3v) is 7.17. The second kappa shape index (κ2) is 10.9. The number of ether oxygens (including phenoxy) is 2. The summed E-state index contributed by atoms with van der Waals surface area (Å²) < 4.78 is 12.9. The Morgan fingerprint density at radius 2 is 1.92 bits per heavy atom. The van der Waals surface area contributed by atoms with Gasteiger partial charge in [-0.1, -0.05) is 0 Å². The molecule has 2 aromatic carbocycles. The molecule has 1 aliphatic rings. The molecule has 1 aromatic heterocycles. The van der Waals surface area contributed by atoms with Gasteiger partial charge in [0.1, 0.15) is 11.1 Å². The van der Waals surface area contributed by atoms with Crippen molar-refractivity contribution in [3.63, 3.8) is 0 Å². The SMILES string of the molecule is CCOC(=O)c1c(C)n(CC)c2ccc(OCC(=O)NN3C(=O)CSC3c3ccc([N+](=O)[O-])cc3)cc12. The van der Waals surface area contributed by atoms with Gasteiger partial charge in [0.2, 0.25) is 0 Å². The van der Waals surface area contributed by atoms with Crippen LogP contribution in [0.25, 0.3) is 10.9 Å². The lowest BCUT2D eigenvalue weighted by Gasteiger charge is -2.24. The van der Waals surface area contributed by atoms with E-state index in [2.05, 4.69) is 5.43 Å². The number of esters is 1. The van der Waals surface area contributed by atoms with Crippen LogP contribution in [0.15, 0.2) is 42.5 Å². The molecule has 4 rings (SSSR count). The minimum Gasteiger partial charge on any atom is -0.484 e. The first-order valence-corrected chi connectivity index (χ1v) is 12.7. The number of aromatic nitrogens is 1. The number of aryl methyl sites for hydroxylation is 1. The summed E-state index contributed by atoms with van der Waals surface area (Å²) in [6.07, 6.45) is 0. The Kier molecular flexibility index (Phi) is 7.67. The van der Waals surface area contributed by atoms with Crippen molar-refractivity contribution in [3.8, 4) is 5.75 Å². The molecule has 0 radical (unpaired) electrons. The first kappa shape index (κ1) is 26.0. The number of hydrazine groups is 1. The molecule has 1 N–H and O–H groups in total. The van der Waals surface area contributed by atoms with Crippen LogP contribution in [0.3, 0.4) is 0 Å². The van der Waals surface area contributed by atoms with E-state index in [1.165, 1.54) is 28.9 Å². The van der Waals surface area contributed by atoms with Crippen molar-refractivity contribution in [2.75, 3.05) is 19.0 Å². The van der Waals surface area contributed by atoms with Crippen LogP contribution in [-0.4, -0.2) is 51.2 Å². The van der Waals surface area contributed by atoms with Crippen LogP contribution < -0.4 is 10.2 Å². The van der Waals surface area contributed by atoms with Crippen LogP contribution in [0, 0.1) is 17.0 Å². The molecule has 1 atom stereocenters. The lowest BCUT2D eigenvalue weighted by Crippen LogP contribution is -2.46. The van der Waals surface area contributed by atoms with Gasteiger partial charge < -0.3 is 14.0 Å². The Morgan fingerprint density at radius 3 is 2.57 bits per heavy atom. The highest BCUT2D eigenvalue weighted by atomic mass is 32.2.